The SMILES string of the molecule is NCc1cccc(N2CC(C(N)=O)CC2=O)c1. The zero-order valence-corrected chi connectivity index (χ0v) is 9.43. The largest absolute Gasteiger partial charge is 0.369 e. The standard InChI is InChI=1S/C12H15N3O2/c13-6-8-2-1-3-10(4-8)15-7-9(12(14)17)5-11(15)16/h1-4,9H,5-7,13H2,(H2,14,17). The van der Waals surface area contributed by atoms with Gasteiger partial charge in [-0.25, -0.2) is 0 Å². The summed E-state index contributed by atoms with van der Waals surface area (Å²) in [4.78, 5) is 24.4. The molecule has 1 heterocycles. The quantitative estimate of drug-likeness (QED) is 0.769. The number of hydrogen-bond donors (Lipinski definition) is 2. The van der Waals surface area contributed by atoms with Gasteiger partial charge in [0.1, 0.15) is 0 Å². The smallest absolute Gasteiger partial charge is 0.227 e. The van der Waals surface area contributed by atoms with Gasteiger partial charge in [-0.2, -0.15) is 0 Å². The minimum absolute atomic E-state index is 0.0667. The van der Waals surface area contributed by atoms with Gasteiger partial charge in [0, 0.05) is 25.2 Å². The summed E-state index contributed by atoms with van der Waals surface area (Å²) in [5.41, 5.74) is 12.5. The molecule has 1 aromatic rings. The lowest BCUT2D eigenvalue weighted by Crippen LogP contribution is -2.28. The number of amides is 2. The number of nitrogens with zero attached hydrogens (tertiary/aromatic N) is 1. The highest BCUT2D eigenvalue weighted by Crippen LogP contribution is 2.25. The Morgan fingerprint density at radius 1 is 1.47 bits per heavy atom. The van der Waals surface area contributed by atoms with Crippen LogP contribution in [0.4, 0.5) is 5.69 Å². The zero-order chi connectivity index (χ0) is 12.4. The first kappa shape index (κ1) is 11.6. The van der Waals surface area contributed by atoms with Gasteiger partial charge in [0.15, 0.2) is 0 Å². The monoisotopic (exact) mass is 233 g/mol. The molecule has 1 aromatic carbocycles. The van der Waals surface area contributed by atoms with Crippen LogP contribution in [0.3, 0.4) is 0 Å². The van der Waals surface area contributed by atoms with Crippen LogP contribution in [-0.2, 0) is 16.1 Å². The van der Waals surface area contributed by atoms with Crippen LogP contribution in [0.15, 0.2) is 24.3 Å². The fourth-order valence-corrected chi connectivity index (χ4v) is 2.00. The highest BCUT2D eigenvalue weighted by molar-refractivity contribution is 6.00. The van der Waals surface area contributed by atoms with Gasteiger partial charge in [-0.05, 0) is 17.7 Å². The summed E-state index contributed by atoms with van der Waals surface area (Å²) in [7, 11) is 0. The average molecular weight is 233 g/mol. The summed E-state index contributed by atoms with van der Waals surface area (Å²) in [5.74, 6) is -0.872. The Morgan fingerprint density at radius 2 is 2.24 bits per heavy atom. The number of anilines is 1. The van der Waals surface area contributed by atoms with Gasteiger partial charge in [0.05, 0.1) is 5.92 Å². The number of carbonyl (C=O) groups excluding carboxylic acids is 2. The van der Waals surface area contributed by atoms with Crippen LogP contribution in [0.5, 0.6) is 0 Å². The second-order valence-corrected chi connectivity index (χ2v) is 4.18. The summed E-state index contributed by atoms with van der Waals surface area (Å²) < 4.78 is 0. The van der Waals surface area contributed by atoms with Crippen LogP contribution in [0.25, 0.3) is 0 Å². The summed E-state index contributed by atoms with van der Waals surface area (Å²) in [5, 5.41) is 0. The van der Waals surface area contributed by atoms with Gasteiger partial charge in [-0.15, -0.1) is 0 Å². The van der Waals surface area contributed by atoms with Gasteiger partial charge in [-0.3, -0.25) is 9.59 Å². The van der Waals surface area contributed by atoms with Gasteiger partial charge < -0.3 is 16.4 Å². The minimum atomic E-state index is -0.421. The Bertz CT molecular complexity index is 459. The summed E-state index contributed by atoms with van der Waals surface area (Å²) >= 11 is 0. The third-order valence-electron chi connectivity index (χ3n) is 2.99. The maximum Gasteiger partial charge on any atom is 0.227 e. The van der Waals surface area contributed by atoms with Crippen molar-refractivity contribution in [1.29, 1.82) is 0 Å². The Kier molecular flexibility index (Phi) is 3.10. The predicted molar refractivity (Wildman–Crippen MR) is 64.0 cm³/mol. The van der Waals surface area contributed by atoms with Crippen molar-refractivity contribution < 1.29 is 9.59 Å². The fourth-order valence-electron chi connectivity index (χ4n) is 2.00. The molecule has 1 atom stereocenters. The van der Waals surface area contributed by atoms with E-state index in [0.29, 0.717) is 13.1 Å². The van der Waals surface area contributed by atoms with Crippen LogP contribution in [0.1, 0.15) is 12.0 Å². The molecule has 0 aliphatic carbocycles. The van der Waals surface area contributed by atoms with Gasteiger partial charge in [0.2, 0.25) is 11.8 Å². The first-order valence-electron chi connectivity index (χ1n) is 5.50. The molecule has 2 rings (SSSR count). The molecule has 1 unspecified atom stereocenters. The topological polar surface area (TPSA) is 89.4 Å². The van der Waals surface area contributed by atoms with E-state index in [2.05, 4.69) is 0 Å². The van der Waals surface area contributed by atoms with Crippen LogP contribution in [-0.4, -0.2) is 18.4 Å². The van der Waals surface area contributed by atoms with Crippen LogP contribution in [0, 0.1) is 5.92 Å². The molecule has 90 valence electrons. The molecule has 1 fully saturated rings. The van der Waals surface area contributed by atoms with Crippen molar-refractivity contribution in [2.24, 2.45) is 17.4 Å². The molecule has 5 nitrogen and oxygen atoms in total. The van der Waals surface area contributed by atoms with Crippen molar-refractivity contribution in [2.75, 3.05) is 11.4 Å². The van der Waals surface area contributed by atoms with Crippen molar-refractivity contribution in [1.82, 2.24) is 0 Å². The molecule has 4 N–H and O–H groups in total. The molecule has 5 heteroatoms. The molecule has 2 amide bonds. The number of rotatable bonds is 3. The van der Waals surface area contributed by atoms with Crippen molar-refractivity contribution in [2.45, 2.75) is 13.0 Å². The number of hydrogen-bond acceptors (Lipinski definition) is 3. The molecule has 1 aliphatic rings. The normalized spacial score (nSPS) is 19.7. The molecule has 0 saturated carbocycles. The van der Waals surface area contributed by atoms with Crippen molar-refractivity contribution in [3.63, 3.8) is 0 Å². The van der Waals surface area contributed by atoms with Crippen LogP contribution < -0.4 is 16.4 Å². The Balaban J connectivity index is 2.22. The predicted octanol–water partition coefficient (Wildman–Crippen LogP) is -0.0165. The first-order chi connectivity index (χ1) is 8.11. The molecule has 17 heavy (non-hydrogen) atoms. The third-order valence-corrected chi connectivity index (χ3v) is 2.99. The summed E-state index contributed by atoms with van der Waals surface area (Å²) in [6.07, 6.45) is 0.197. The summed E-state index contributed by atoms with van der Waals surface area (Å²) in [6, 6.07) is 7.44. The number of nitrogens with two attached hydrogens (primary N) is 2. The molecular formula is C12H15N3O2. The first-order valence-corrected chi connectivity index (χ1v) is 5.50. The Morgan fingerprint density at radius 3 is 2.82 bits per heavy atom. The van der Waals surface area contributed by atoms with E-state index in [4.69, 9.17) is 11.5 Å². The summed E-state index contributed by atoms with van der Waals surface area (Å²) in [6.45, 7) is 0.789. The minimum Gasteiger partial charge on any atom is -0.369 e. The van der Waals surface area contributed by atoms with Crippen LogP contribution in [0.2, 0.25) is 0 Å². The maximum absolute atomic E-state index is 11.8. The number of benzene rings is 1. The molecular weight excluding hydrogens is 218 g/mol. The van der Waals surface area contributed by atoms with E-state index >= 15 is 0 Å². The van der Waals surface area contributed by atoms with Gasteiger partial charge in [-0.1, -0.05) is 12.1 Å². The van der Waals surface area contributed by atoms with E-state index in [1.54, 1.807) is 4.90 Å². The lowest BCUT2D eigenvalue weighted by atomic mass is 10.1. The van der Waals surface area contributed by atoms with Crippen molar-refractivity contribution in [3.8, 4) is 0 Å². The second kappa shape index (κ2) is 4.55. The van der Waals surface area contributed by atoms with Crippen molar-refractivity contribution in [3.05, 3.63) is 29.8 Å². The van der Waals surface area contributed by atoms with E-state index in [0.717, 1.165) is 11.3 Å². The fraction of sp³-hybridized carbons (Fsp3) is 0.333. The van der Waals surface area contributed by atoms with E-state index in [9.17, 15) is 9.59 Å². The lowest BCUT2D eigenvalue weighted by Gasteiger charge is -2.16. The zero-order valence-electron chi connectivity index (χ0n) is 9.43. The Hall–Kier alpha value is -1.88. The maximum atomic E-state index is 11.8. The molecule has 0 aromatic heterocycles. The molecule has 0 radical (unpaired) electrons. The third kappa shape index (κ3) is 2.29. The highest BCUT2D eigenvalue weighted by atomic mass is 16.2. The van der Waals surface area contributed by atoms with E-state index in [-0.39, 0.29) is 18.2 Å². The highest BCUT2D eigenvalue weighted by Gasteiger charge is 2.33. The average Bonchev–Trinajstić information content (AvgIpc) is 2.72. The number of carbonyl (C=O) groups is 2. The van der Waals surface area contributed by atoms with Gasteiger partial charge >= 0.3 is 0 Å². The Labute approximate surface area is 99.4 Å². The van der Waals surface area contributed by atoms with Crippen molar-refractivity contribution >= 4 is 17.5 Å². The van der Waals surface area contributed by atoms with Crippen LogP contribution >= 0.6 is 0 Å². The van der Waals surface area contributed by atoms with E-state index < -0.39 is 5.91 Å². The lowest BCUT2D eigenvalue weighted by molar-refractivity contribution is -0.123. The molecule has 1 saturated heterocycles. The molecule has 1 aliphatic heterocycles. The second-order valence-electron chi connectivity index (χ2n) is 4.18. The molecule has 0 bridgehead atoms. The van der Waals surface area contributed by atoms with E-state index in [1.807, 2.05) is 24.3 Å². The molecule has 0 spiro atoms. The number of primary amides is 1. The van der Waals surface area contributed by atoms with E-state index in [1.165, 1.54) is 0 Å². The van der Waals surface area contributed by atoms with Gasteiger partial charge in [0.25, 0.3) is 0 Å².